The molecule has 0 aliphatic heterocycles. The van der Waals surface area contributed by atoms with Crippen molar-refractivity contribution < 1.29 is 4.79 Å². The first-order valence-electron chi connectivity index (χ1n) is 5.06. The largest absolute Gasteiger partial charge is 0.299 e. The predicted octanol–water partition coefficient (Wildman–Crippen LogP) is 2.89. The first-order valence-corrected chi connectivity index (χ1v) is 5.06. The van der Waals surface area contributed by atoms with E-state index in [1.807, 2.05) is 0 Å². The fourth-order valence-electron chi connectivity index (χ4n) is 2.34. The van der Waals surface area contributed by atoms with Crippen molar-refractivity contribution in [2.24, 2.45) is 23.7 Å². The Hall–Kier alpha value is -0.330. The second kappa shape index (κ2) is 3.59. The van der Waals surface area contributed by atoms with E-state index < -0.39 is 0 Å². The van der Waals surface area contributed by atoms with Crippen LogP contribution in [0, 0.1) is 23.7 Å². The van der Waals surface area contributed by atoms with Crippen molar-refractivity contribution >= 4 is 5.78 Å². The van der Waals surface area contributed by atoms with Gasteiger partial charge in [0, 0.05) is 11.8 Å². The Labute approximate surface area is 75.5 Å². The zero-order valence-corrected chi connectivity index (χ0v) is 8.63. The summed E-state index contributed by atoms with van der Waals surface area (Å²) >= 11 is 0. The van der Waals surface area contributed by atoms with Crippen LogP contribution in [0.2, 0.25) is 0 Å². The van der Waals surface area contributed by atoms with Crippen LogP contribution in [0.4, 0.5) is 0 Å². The fraction of sp³-hybridized carbons (Fsp3) is 0.909. The van der Waals surface area contributed by atoms with Crippen molar-refractivity contribution in [3.05, 3.63) is 0 Å². The smallest absolute Gasteiger partial charge is 0.139 e. The van der Waals surface area contributed by atoms with Crippen LogP contribution in [0.1, 0.15) is 40.5 Å². The molecule has 1 heteroatoms. The van der Waals surface area contributed by atoms with Crippen LogP contribution < -0.4 is 0 Å². The van der Waals surface area contributed by atoms with Gasteiger partial charge < -0.3 is 0 Å². The fourth-order valence-corrected chi connectivity index (χ4v) is 2.34. The first-order chi connectivity index (χ1) is 5.52. The molecule has 1 aliphatic rings. The molecule has 1 saturated carbocycles. The van der Waals surface area contributed by atoms with Crippen molar-refractivity contribution in [3.63, 3.8) is 0 Å². The Morgan fingerprint density at radius 1 is 1.42 bits per heavy atom. The molecule has 0 N–H and O–H groups in total. The topological polar surface area (TPSA) is 17.1 Å². The van der Waals surface area contributed by atoms with E-state index in [0.717, 1.165) is 12.8 Å². The lowest BCUT2D eigenvalue weighted by molar-refractivity contribution is -0.124. The zero-order valence-electron chi connectivity index (χ0n) is 8.63. The normalized spacial score (nSPS) is 36.4. The number of rotatable bonds is 2. The standard InChI is InChI=1S/C11H20O/c1-7(2)5-10-8(3)6-9(4)11(10)12/h7-10H,5-6H2,1-4H3. The van der Waals surface area contributed by atoms with Crippen LogP contribution >= 0.6 is 0 Å². The summed E-state index contributed by atoms with van der Waals surface area (Å²) in [6.07, 6.45) is 2.20. The third kappa shape index (κ3) is 1.88. The second-order valence-corrected chi connectivity index (χ2v) is 4.75. The molecule has 0 aromatic heterocycles. The maximum Gasteiger partial charge on any atom is 0.139 e. The van der Waals surface area contributed by atoms with Crippen LogP contribution in [0.5, 0.6) is 0 Å². The molecule has 70 valence electrons. The summed E-state index contributed by atoms with van der Waals surface area (Å²) in [5, 5.41) is 0. The molecule has 0 saturated heterocycles. The van der Waals surface area contributed by atoms with E-state index >= 15 is 0 Å². The maximum atomic E-state index is 11.7. The van der Waals surface area contributed by atoms with Crippen molar-refractivity contribution in [2.75, 3.05) is 0 Å². The molecule has 0 aromatic carbocycles. The number of carbonyl (C=O) groups is 1. The molecule has 3 atom stereocenters. The van der Waals surface area contributed by atoms with E-state index in [1.165, 1.54) is 0 Å². The molecule has 0 bridgehead atoms. The van der Waals surface area contributed by atoms with Crippen molar-refractivity contribution in [1.29, 1.82) is 0 Å². The summed E-state index contributed by atoms with van der Waals surface area (Å²) in [6.45, 7) is 8.68. The Bertz CT molecular complexity index is 172. The summed E-state index contributed by atoms with van der Waals surface area (Å²) in [4.78, 5) is 11.7. The molecule has 0 spiro atoms. The van der Waals surface area contributed by atoms with E-state index in [4.69, 9.17) is 0 Å². The van der Waals surface area contributed by atoms with E-state index in [1.54, 1.807) is 0 Å². The van der Waals surface area contributed by atoms with Gasteiger partial charge in [-0.2, -0.15) is 0 Å². The van der Waals surface area contributed by atoms with Gasteiger partial charge >= 0.3 is 0 Å². The van der Waals surface area contributed by atoms with Gasteiger partial charge in [-0.3, -0.25) is 4.79 Å². The Balaban J connectivity index is 2.57. The third-order valence-corrected chi connectivity index (χ3v) is 2.99. The molecule has 1 fully saturated rings. The molecular formula is C11H20O. The van der Waals surface area contributed by atoms with Crippen LogP contribution in [0.25, 0.3) is 0 Å². The summed E-state index contributed by atoms with van der Waals surface area (Å²) < 4.78 is 0. The minimum atomic E-state index is 0.323. The number of hydrogen-bond donors (Lipinski definition) is 0. The minimum Gasteiger partial charge on any atom is -0.299 e. The quantitative estimate of drug-likeness (QED) is 0.619. The second-order valence-electron chi connectivity index (χ2n) is 4.75. The van der Waals surface area contributed by atoms with Gasteiger partial charge in [0.15, 0.2) is 0 Å². The van der Waals surface area contributed by atoms with Gasteiger partial charge in [0.05, 0.1) is 0 Å². The average molecular weight is 168 g/mol. The number of Topliss-reactive ketones (excluding diaryl/α,β-unsaturated/α-hetero) is 1. The first kappa shape index (κ1) is 9.76. The van der Waals surface area contributed by atoms with Crippen molar-refractivity contribution in [1.82, 2.24) is 0 Å². The summed E-state index contributed by atoms with van der Waals surface area (Å²) in [5.74, 6) is 2.47. The van der Waals surface area contributed by atoms with Crippen LogP contribution in [-0.4, -0.2) is 5.78 Å². The van der Waals surface area contributed by atoms with Crippen LogP contribution in [0.3, 0.4) is 0 Å². The summed E-state index contributed by atoms with van der Waals surface area (Å²) in [7, 11) is 0. The highest BCUT2D eigenvalue weighted by atomic mass is 16.1. The molecule has 1 rings (SSSR count). The molecular weight excluding hydrogens is 148 g/mol. The minimum absolute atomic E-state index is 0.323. The highest BCUT2D eigenvalue weighted by Gasteiger charge is 2.36. The summed E-state index contributed by atoms with van der Waals surface area (Å²) in [6, 6.07) is 0. The molecule has 0 amide bonds. The van der Waals surface area contributed by atoms with Crippen molar-refractivity contribution in [2.45, 2.75) is 40.5 Å². The van der Waals surface area contributed by atoms with Crippen molar-refractivity contribution in [3.8, 4) is 0 Å². The number of hydrogen-bond acceptors (Lipinski definition) is 1. The van der Waals surface area contributed by atoms with E-state index in [9.17, 15) is 4.79 Å². The average Bonchev–Trinajstić information content (AvgIpc) is 2.16. The summed E-state index contributed by atoms with van der Waals surface area (Å²) in [5.41, 5.74) is 0. The van der Waals surface area contributed by atoms with Gasteiger partial charge in [-0.05, 0) is 24.7 Å². The zero-order chi connectivity index (χ0) is 9.30. The maximum absolute atomic E-state index is 11.7. The van der Waals surface area contributed by atoms with E-state index in [0.29, 0.717) is 29.5 Å². The van der Waals surface area contributed by atoms with Crippen LogP contribution in [-0.2, 0) is 4.79 Å². The van der Waals surface area contributed by atoms with Crippen LogP contribution in [0.15, 0.2) is 0 Å². The lowest BCUT2D eigenvalue weighted by Crippen LogP contribution is -2.17. The number of carbonyl (C=O) groups excluding carboxylic acids is 1. The molecule has 12 heavy (non-hydrogen) atoms. The molecule has 0 heterocycles. The van der Waals surface area contributed by atoms with Gasteiger partial charge in [-0.1, -0.05) is 27.7 Å². The molecule has 0 aromatic rings. The van der Waals surface area contributed by atoms with Gasteiger partial charge in [-0.15, -0.1) is 0 Å². The Kier molecular flexibility index (Phi) is 2.92. The lowest BCUT2D eigenvalue weighted by Gasteiger charge is -2.15. The monoisotopic (exact) mass is 168 g/mol. The van der Waals surface area contributed by atoms with Gasteiger partial charge in [0.2, 0.25) is 0 Å². The Morgan fingerprint density at radius 2 is 2.00 bits per heavy atom. The SMILES string of the molecule is CC(C)CC1C(=O)C(C)CC1C. The van der Waals surface area contributed by atoms with E-state index in [2.05, 4.69) is 27.7 Å². The van der Waals surface area contributed by atoms with Gasteiger partial charge in [0.1, 0.15) is 5.78 Å². The Morgan fingerprint density at radius 3 is 2.33 bits per heavy atom. The number of ketones is 1. The molecule has 1 aliphatic carbocycles. The highest BCUT2D eigenvalue weighted by molar-refractivity contribution is 5.85. The molecule has 0 radical (unpaired) electrons. The van der Waals surface area contributed by atoms with E-state index in [-0.39, 0.29) is 0 Å². The van der Waals surface area contributed by atoms with Gasteiger partial charge in [-0.25, -0.2) is 0 Å². The molecule has 1 nitrogen and oxygen atoms in total. The molecule has 3 unspecified atom stereocenters. The van der Waals surface area contributed by atoms with Gasteiger partial charge in [0.25, 0.3) is 0 Å². The highest BCUT2D eigenvalue weighted by Crippen LogP contribution is 2.36. The third-order valence-electron chi connectivity index (χ3n) is 2.99. The lowest BCUT2D eigenvalue weighted by atomic mass is 9.89. The predicted molar refractivity (Wildman–Crippen MR) is 50.9 cm³/mol.